The number of pyridine rings is 1. The van der Waals surface area contributed by atoms with Crippen LogP contribution in [0.2, 0.25) is 0 Å². The Morgan fingerprint density at radius 3 is 2.56 bits per heavy atom. The highest BCUT2D eigenvalue weighted by Gasteiger charge is 2.47. The summed E-state index contributed by atoms with van der Waals surface area (Å²) in [5.74, 6) is -2.17. The normalized spacial score (nSPS) is 22.5. The van der Waals surface area contributed by atoms with Crippen molar-refractivity contribution < 1.29 is 38.5 Å². The fourth-order valence-corrected chi connectivity index (χ4v) is 9.34. The average molecular weight is 851 g/mol. The number of fused-ring (bicyclic) bond motifs is 6. The molecule has 3 aliphatic rings. The number of cyclic esters (lactones) is 1. The van der Waals surface area contributed by atoms with E-state index in [9.17, 15) is 24.3 Å². The van der Waals surface area contributed by atoms with E-state index in [0.717, 1.165) is 44.5 Å². The molecule has 3 N–H and O–H groups in total. The van der Waals surface area contributed by atoms with Gasteiger partial charge in [-0.3, -0.25) is 29.2 Å². The molecule has 0 spiro atoms. The Kier molecular flexibility index (Phi) is 13.1. The van der Waals surface area contributed by atoms with Crippen LogP contribution < -0.4 is 10.7 Å². The maximum atomic E-state index is 14.6. The van der Waals surface area contributed by atoms with Gasteiger partial charge >= 0.3 is 5.97 Å². The van der Waals surface area contributed by atoms with Gasteiger partial charge in [0.05, 0.1) is 36.1 Å². The summed E-state index contributed by atoms with van der Waals surface area (Å²) in [5, 5.41) is 16.7. The van der Waals surface area contributed by atoms with Crippen molar-refractivity contribution in [1.29, 1.82) is 0 Å². The van der Waals surface area contributed by atoms with E-state index in [1.165, 1.54) is 9.91 Å². The summed E-state index contributed by atoms with van der Waals surface area (Å²) in [6.07, 6.45) is 3.48. The molecule has 1 aliphatic carbocycles. The Labute approximate surface area is 364 Å². The van der Waals surface area contributed by atoms with Gasteiger partial charge in [-0.05, 0) is 104 Å². The fourth-order valence-electron chi connectivity index (χ4n) is 9.34. The van der Waals surface area contributed by atoms with Crippen molar-refractivity contribution in [3.63, 3.8) is 0 Å². The molecule has 6 atom stereocenters. The maximum absolute atomic E-state index is 14.6. The SMILES string of the molecule is CCn1c(-c2cccnc2[C@H](C)OC)c2c3cc(ccc31)-c1cc(O)cc(c1)C[C@H](NC(=O)[C@H](C(C)C)N(C)C(=O)[C@@H]1C[C@@H]1OC)C(=O)N1CCC[C@H](N1)C(=O)OCC(C)(C)C2. The third kappa shape index (κ3) is 9.09. The molecule has 2 aromatic heterocycles. The van der Waals surface area contributed by atoms with Crippen LogP contribution >= 0.6 is 0 Å². The van der Waals surface area contributed by atoms with Crippen molar-refractivity contribution in [3.05, 3.63) is 71.5 Å². The molecule has 4 heterocycles. The molecular weight excluding hydrogens is 789 g/mol. The van der Waals surface area contributed by atoms with Crippen molar-refractivity contribution >= 4 is 34.6 Å². The van der Waals surface area contributed by atoms with Gasteiger partial charge in [0.1, 0.15) is 23.9 Å². The van der Waals surface area contributed by atoms with Gasteiger partial charge in [0.2, 0.25) is 11.8 Å². The Morgan fingerprint density at radius 2 is 1.87 bits per heavy atom. The van der Waals surface area contributed by atoms with Gasteiger partial charge in [-0.2, -0.15) is 0 Å². The van der Waals surface area contributed by atoms with E-state index in [4.69, 9.17) is 19.2 Å². The van der Waals surface area contributed by atoms with Crippen molar-refractivity contribution in [2.24, 2.45) is 17.3 Å². The molecule has 2 aromatic carbocycles. The zero-order chi connectivity index (χ0) is 44.6. The zero-order valence-corrected chi connectivity index (χ0v) is 37.5. The summed E-state index contributed by atoms with van der Waals surface area (Å²) < 4.78 is 19.6. The van der Waals surface area contributed by atoms with Crippen LogP contribution in [0.3, 0.4) is 0 Å². The lowest BCUT2D eigenvalue weighted by Gasteiger charge is -2.36. The number of esters is 1. The predicted octanol–water partition coefficient (Wildman–Crippen LogP) is 5.97. The lowest BCUT2D eigenvalue weighted by Crippen LogP contribution is -2.62. The fraction of sp³-hybridized carbons (Fsp3) is 0.521. The molecular formula is C48H62N6O8. The van der Waals surface area contributed by atoms with Crippen LogP contribution in [0.25, 0.3) is 33.3 Å². The predicted molar refractivity (Wildman–Crippen MR) is 236 cm³/mol. The number of rotatable bonds is 10. The smallest absolute Gasteiger partial charge is 0.324 e. The molecule has 0 radical (unpaired) electrons. The molecule has 3 amide bonds. The number of hydrazine groups is 1. The molecule has 7 rings (SSSR count). The molecule has 1 saturated carbocycles. The molecule has 332 valence electrons. The van der Waals surface area contributed by atoms with Gasteiger partial charge < -0.3 is 34.1 Å². The van der Waals surface area contributed by atoms with Crippen LogP contribution in [-0.2, 0) is 52.8 Å². The number of nitrogens with zero attached hydrogens (tertiary/aromatic N) is 4. The maximum Gasteiger partial charge on any atom is 0.324 e. The third-order valence-electron chi connectivity index (χ3n) is 12.7. The van der Waals surface area contributed by atoms with Gasteiger partial charge in [0.25, 0.3) is 5.91 Å². The van der Waals surface area contributed by atoms with Crippen LogP contribution in [0.5, 0.6) is 5.75 Å². The van der Waals surface area contributed by atoms with E-state index >= 15 is 0 Å². The number of benzene rings is 2. The number of likely N-dealkylation sites (N-methyl/N-ethyl adjacent to an activating group) is 1. The first-order valence-electron chi connectivity index (χ1n) is 21.9. The van der Waals surface area contributed by atoms with Crippen LogP contribution in [0, 0.1) is 17.3 Å². The van der Waals surface area contributed by atoms with Gasteiger partial charge in [-0.25, -0.2) is 5.43 Å². The highest BCUT2D eigenvalue weighted by Crippen LogP contribution is 2.42. The number of hydrogen-bond donors (Lipinski definition) is 3. The number of methoxy groups -OCH3 is 2. The quantitative estimate of drug-likeness (QED) is 0.162. The molecule has 6 bridgehead atoms. The number of ether oxygens (including phenoxy) is 3. The minimum Gasteiger partial charge on any atom is -0.508 e. The summed E-state index contributed by atoms with van der Waals surface area (Å²) in [4.78, 5) is 62.5. The Bertz CT molecular complexity index is 2340. The summed E-state index contributed by atoms with van der Waals surface area (Å²) in [5.41, 5.74) is 9.67. The molecule has 14 heteroatoms. The lowest BCUT2D eigenvalue weighted by molar-refractivity contribution is -0.155. The average Bonchev–Trinajstić information content (AvgIpc) is 3.99. The first kappa shape index (κ1) is 44.7. The lowest BCUT2D eigenvalue weighted by atomic mass is 9.84. The monoisotopic (exact) mass is 850 g/mol. The van der Waals surface area contributed by atoms with Crippen molar-refractivity contribution in [2.45, 2.75) is 111 Å². The minimum atomic E-state index is -1.12. The van der Waals surface area contributed by atoms with Gasteiger partial charge in [0.15, 0.2) is 0 Å². The summed E-state index contributed by atoms with van der Waals surface area (Å²) >= 11 is 0. The number of phenols is 1. The Morgan fingerprint density at radius 1 is 1.10 bits per heavy atom. The molecule has 2 fully saturated rings. The molecule has 62 heavy (non-hydrogen) atoms. The largest absolute Gasteiger partial charge is 0.508 e. The van der Waals surface area contributed by atoms with Crippen molar-refractivity contribution in [3.8, 4) is 28.1 Å². The van der Waals surface area contributed by atoms with Crippen molar-refractivity contribution in [1.82, 2.24) is 30.2 Å². The first-order chi connectivity index (χ1) is 29.5. The number of aromatic nitrogens is 2. The van der Waals surface area contributed by atoms with E-state index < -0.39 is 41.3 Å². The van der Waals surface area contributed by atoms with E-state index in [1.54, 1.807) is 39.6 Å². The molecule has 4 aromatic rings. The summed E-state index contributed by atoms with van der Waals surface area (Å²) in [7, 11) is 4.86. The second kappa shape index (κ2) is 18.2. The highest BCUT2D eigenvalue weighted by molar-refractivity contribution is 5.96. The topological polar surface area (TPSA) is 165 Å². The van der Waals surface area contributed by atoms with Gasteiger partial charge in [-0.1, -0.05) is 39.8 Å². The number of amides is 3. The van der Waals surface area contributed by atoms with Crippen LogP contribution in [0.15, 0.2) is 54.7 Å². The minimum absolute atomic E-state index is 0.00711. The van der Waals surface area contributed by atoms with E-state index in [0.29, 0.717) is 44.3 Å². The second-order valence-corrected chi connectivity index (χ2v) is 18.3. The van der Waals surface area contributed by atoms with Crippen molar-refractivity contribution in [2.75, 3.05) is 34.4 Å². The van der Waals surface area contributed by atoms with Gasteiger partial charge in [-0.15, -0.1) is 0 Å². The number of aryl methyl sites for hydroxylation is 1. The van der Waals surface area contributed by atoms with Crippen LogP contribution in [0.1, 0.15) is 83.7 Å². The second-order valence-electron chi connectivity index (χ2n) is 18.3. The van der Waals surface area contributed by atoms with E-state index in [1.807, 2.05) is 39.0 Å². The Balaban J connectivity index is 1.34. The van der Waals surface area contributed by atoms with Crippen LogP contribution in [-0.4, -0.2) is 107 Å². The number of carbonyl (C=O) groups is 4. The molecule has 14 nitrogen and oxygen atoms in total. The molecule has 2 aliphatic heterocycles. The number of hydrogen-bond acceptors (Lipinski definition) is 10. The van der Waals surface area contributed by atoms with E-state index in [2.05, 4.69) is 54.3 Å². The summed E-state index contributed by atoms with van der Waals surface area (Å²) in [6, 6.07) is 12.7. The van der Waals surface area contributed by atoms with Crippen LogP contribution in [0.4, 0.5) is 0 Å². The number of nitrogens with one attached hydrogen (secondary N) is 2. The van der Waals surface area contributed by atoms with E-state index in [-0.39, 0.29) is 48.7 Å². The number of aromatic hydroxyl groups is 1. The number of phenolic OH excluding ortho intramolecular Hbond substituents is 1. The molecule has 1 saturated heterocycles. The summed E-state index contributed by atoms with van der Waals surface area (Å²) in [6.45, 7) is 13.1. The molecule has 0 unspecified atom stereocenters. The zero-order valence-electron chi connectivity index (χ0n) is 37.5. The number of carbonyl (C=O) groups excluding carboxylic acids is 4. The third-order valence-corrected chi connectivity index (χ3v) is 12.7. The first-order valence-corrected chi connectivity index (χ1v) is 21.9. The Hall–Kier alpha value is -5.31. The van der Waals surface area contributed by atoms with Gasteiger partial charge in [0, 0.05) is 68.9 Å². The highest BCUT2D eigenvalue weighted by atomic mass is 16.5. The standard InChI is InChI=1S/C48H62N6O8/c1-10-53-39-16-15-30-23-34(39)36(43(53)33-13-11-17-49-41(33)28(4)60-8)25-48(5,6)26-62-47(59)37-14-12-18-54(51-37)46(58)38(21-29-19-31(30)22-32(55)20-29)50-44(56)42(27(2)3)52(7)45(57)35-24-40(35)61-9/h11,13,15-17,19-20,22-23,27-28,35,37-38,40,42,51,55H,10,12,14,18,21,24-26H2,1-9H3,(H,50,56)/t28-,35+,37-,38-,40-,42-/m0/s1.